The fourth-order valence-corrected chi connectivity index (χ4v) is 4.34. The van der Waals surface area contributed by atoms with Gasteiger partial charge in [-0.05, 0) is 85.3 Å². The molecule has 0 bridgehead atoms. The van der Waals surface area contributed by atoms with Crippen molar-refractivity contribution in [2.75, 3.05) is 18.8 Å². The van der Waals surface area contributed by atoms with Gasteiger partial charge in [0.05, 0.1) is 18.1 Å². The average molecular weight is 438 g/mol. The summed E-state index contributed by atoms with van der Waals surface area (Å²) in [5.41, 5.74) is 5.43. The van der Waals surface area contributed by atoms with Gasteiger partial charge in [-0.3, -0.25) is 4.79 Å². The molecule has 1 aliphatic carbocycles. The molecule has 31 heavy (non-hydrogen) atoms. The molecule has 1 fully saturated rings. The number of rotatable bonds is 8. The van der Waals surface area contributed by atoms with Crippen LogP contribution in [0.2, 0.25) is 0 Å². The molecule has 0 aromatic heterocycles. The highest BCUT2D eigenvalue weighted by Gasteiger charge is 2.28. The maximum absolute atomic E-state index is 12.6. The largest absolute Gasteiger partial charge is 0.435 e. The lowest BCUT2D eigenvalue weighted by Gasteiger charge is -2.18. The van der Waals surface area contributed by atoms with E-state index in [9.17, 15) is 14.3 Å². The van der Waals surface area contributed by atoms with Gasteiger partial charge in [-0.1, -0.05) is 36.8 Å². The molecule has 2 aromatic carbocycles. The lowest BCUT2D eigenvalue weighted by molar-refractivity contribution is -0.117. The summed E-state index contributed by atoms with van der Waals surface area (Å²) in [4.78, 5) is 14.7. The molecule has 0 heterocycles. The number of amides is 1. The van der Waals surface area contributed by atoms with Gasteiger partial charge < -0.3 is 18.2 Å². The maximum atomic E-state index is 12.6. The molecule has 1 saturated carbocycles. The predicted molar refractivity (Wildman–Crippen MR) is 124 cm³/mol. The Hall–Kier alpha value is -2.69. The predicted octanol–water partition coefficient (Wildman–Crippen LogP) is 4.86. The topological polar surface area (TPSA) is 85.6 Å². The van der Waals surface area contributed by atoms with Crippen LogP contribution >= 0.6 is 0 Å². The highest BCUT2D eigenvalue weighted by Crippen LogP contribution is 2.44. The molecular weight excluding hydrogens is 408 g/mol. The summed E-state index contributed by atoms with van der Waals surface area (Å²) in [5, 5.41) is 9.38. The van der Waals surface area contributed by atoms with Gasteiger partial charge in [-0.25, -0.2) is 0 Å². The summed E-state index contributed by atoms with van der Waals surface area (Å²) < 4.78 is 19.0. The Bertz CT molecular complexity index is 1050. The third kappa shape index (κ3) is 6.39. The van der Waals surface area contributed by atoms with Crippen LogP contribution in [0.25, 0.3) is 0 Å². The number of nitrogens with zero attached hydrogens (tertiary/aromatic N) is 3. The van der Waals surface area contributed by atoms with Gasteiger partial charge in [0.15, 0.2) is 0 Å². The van der Waals surface area contributed by atoms with Crippen molar-refractivity contribution in [3.05, 3.63) is 64.2 Å². The normalized spacial score (nSPS) is 14.6. The summed E-state index contributed by atoms with van der Waals surface area (Å²) in [6, 6.07) is 13.6. The average Bonchev–Trinajstić information content (AvgIpc) is 3.54. The van der Waals surface area contributed by atoms with Gasteiger partial charge in [0.25, 0.3) is 0 Å². The molecule has 0 saturated heterocycles. The van der Waals surface area contributed by atoms with E-state index in [-0.39, 0.29) is 12.3 Å². The molecule has 0 atom stereocenters. The minimum absolute atomic E-state index is 0.0975. The molecule has 1 N–H and O–H groups in total. The van der Waals surface area contributed by atoms with E-state index in [1.807, 2.05) is 50.5 Å². The molecule has 6 nitrogen and oxygen atoms in total. The third-order valence-electron chi connectivity index (χ3n) is 5.26. The third-order valence-corrected chi connectivity index (χ3v) is 6.04. The van der Waals surface area contributed by atoms with E-state index in [4.69, 9.17) is 0 Å². The number of nitrogens with one attached hydrogen (secondary N) is 1. The highest BCUT2D eigenvalue weighted by molar-refractivity contribution is 7.76. The summed E-state index contributed by atoms with van der Waals surface area (Å²) in [7, 11) is 2.14. The summed E-state index contributed by atoms with van der Waals surface area (Å²) >= 11 is 0. The van der Waals surface area contributed by atoms with Crippen LogP contribution in [0.15, 0.2) is 40.8 Å². The molecule has 0 aliphatic heterocycles. The standard InChI is InChI=1S/C24H29N4O2S/c1-16(2)21-11-18(14-25)12-22(19-7-8-19)23(21)13-24(29)27-31(30)26-20-9-5-17(6-10-20)15-28(3)4/h5-6,9-12,16,19H,7-8,13,15H2,1-4H3,(H,26,27,29,30)/q-1. The van der Waals surface area contributed by atoms with Gasteiger partial charge in [0, 0.05) is 12.2 Å². The van der Waals surface area contributed by atoms with E-state index < -0.39 is 16.7 Å². The maximum Gasteiger partial charge on any atom is 0.228 e. The minimum atomic E-state index is -1.85. The van der Waals surface area contributed by atoms with Crippen molar-refractivity contribution in [3.63, 3.8) is 0 Å². The quantitative estimate of drug-likeness (QED) is 0.597. The number of hydrogen-bond acceptors (Lipinski definition) is 5. The summed E-state index contributed by atoms with van der Waals surface area (Å²) in [6.07, 6.45) is 2.24. The van der Waals surface area contributed by atoms with Crippen molar-refractivity contribution < 1.29 is 9.00 Å². The Morgan fingerprint density at radius 2 is 1.94 bits per heavy atom. The highest BCUT2D eigenvalue weighted by atomic mass is 32.2. The van der Waals surface area contributed by atoms with E-state index in [0.717, 1.165) is 41.6 Å². The first kappa shape index (κ1) is 23.0. The fourth-order valence-electron chi connectivity index (χ4n) is 3.70. The van der Waals surface area contributed by atoms with Crippen molar-refractivity contribution in [2.24, 2.45) is 4.36 Å². The molecule has 2 aromatic rings. The van der Waals surface area contributed by atoms with Crippen LogP contribution in [-0.2, 0) is 32.8 Å². The number of benzene rings is 2. The van der Waals surface area contributed by atoms with Gasteiger partial charge in [0.2, 0.25) is 5.91 Å². The molecule has 1 aliphatic rings. The molecule has 3 rings (SSSR count). The Balaban J connectivity index is 1.76. The number of carbonyl (C=O) groups excluding carboxylic acids is 1. The number of anilines is 1. The van der Waals surface area contributed by atoms with Crippen molar-refractivity contribution in [3.8, 4) is 6.07 Å². The van der Waals surface area contributed by atoms with Crippen LogP contribution in [0.3, 0.4) is 0 Å². The van der Waals surface area contributed by atoms with Gasteiger partial charge >= 0.3 is 0 Å². The van der Waals surface area contributed by atoms with Crippen LogP contribution in [0, 0.1) is 11.3 Å². The van der Waals surface area contributed by atoms with E-state index >= 15 is 0 Å². The fraction of sp³-hybridized carbons (Fsp3) is 0.417. The molecule has 0 radical (unpaired) electrons. The van der Waals surface area contributed by atoms with Crippen molar-refractivity contribution in [1.82, 2.24) is 4.90 Å². The lowest BCUT2D eigenvalue weighted by Crippen LogP contribution is -2.10. The Morgan fingerprint density at radius 1 is 1.26 bits per heavy atom. The van der Waals surface area contributed by atoms with E-state index in [1.54, 1.807) is 0 Å². The van der Waals surface area contributed by atoms with Crippen LogP contribution in [0.1, 0.15) is 66.3 Å². The first-order chi connectivity index (χ1) is 14.8. The zero-order valence-corrected chi connectivity index (χ0v) is 19.3. The van der Waals surface area contributed by atoms with Crippen LogP contribution in [0.4, 0.5) is 5.69 Å². The first-order valence-corrected chi connectivity index (χ1v) is 11.6. The van der Waals surface area contributed by atoms with E-state index in [0.29, 0.717) is 17.2 Å². The molecule has 0 unspecified atom stereocenters. The molecule has 0 spiro atoms. The van der Waals surface area contributed by atoms with Crippen LogP contribution < -0.4 is 4.72 Å². The van der Waals surface area contributed by atoms with E-state index in [2.05, 4.69) is 33.9 Å². The number of nitriles is 1. The molecule has 164 valence electrons. The molecule has 7 heteroatoms. The Kier molecular flexibility index (Phi) is 7.47. The first-order valence-electron chi connectivity index (χ1n) is 10.5. The Morgan fingerprint density at radius 3 is 2.48 bits per heavy atom. The second-order valence-corrected chi connectivity index (χ2v) is 9.51. The summed E-state index contributed by atoms with van der Waals surface area (Å²) in [6.45, 7) is 4.92. The molecule has 1 amide bonds. The summed E-state index contributed by atoms with van der Waals surface area (Å²) in [5.74, 6) is 0.152. The van der Waals surface area contributed by atoms with Crippen molar-refractivity contribution >= 4 is 22.4 Å². The second-order valence-electron chi connectivity index (χ2n) is 8.62. The zero-order valence-electron chi connectivity index (χ0n) is 18.5. The Labute approximate surface area is 186 Å². The van der Waals surface area contributed by atoms with Gasteiger partial charge in [-0.15, -0.1) is 0 Å². The molecular formula is C24H29N4O2S-. The van der Waals surface area contributed by atoms with Crippen molar-refractivity contribution in [1.29, 1.82) is 5.26 Å². The van der Waals surface area contributed by atoms with Gasteiger partial charge in [0.1, 0.15) is 0 Å². The van der Waals surface area contributed by atoms with Crippen molar-refractivity contribution in [2.45, 2.75) is 51.5 Å². The zero-order chi connectivity index (χ0) is 22.5. The van der Waals surface area contributed by atoms with Crippen LogP contribution in [-0.4, -0.2) is 24.9 Å². The SMILES string of the molecule is CC(C)c1cc(C#N)cc(C2CC2)c1CC(=O)N=[S-](=O)Nc1ccc(CN(C)C)cc1. The van der Waals surface area contributed by atoms with Crippen LogP contribution in [0.5, 0.6) is 0 Å². The van der Waals surface area contributed by atoms with E-state index in [1.165, 1.54) is 0 Å². The van der Waals surface area contributed by atoms with Gasteiger partial charge in [-0.2, -0.15) is 5.26 Å². The number of carbonyl (C=O) groups is 1. The minimum Gasteiger partial charge on any atom is -0.435 e. The monoisotopic (exact) mass is 437 g/mol. The lowest BCUT2D eigenvalue weighted by atomic mass is 9.87. The second kappa shape index (κ2) is 10.1. The smallest absolute Gasteiger partial charge is 0.228 e. The number of hydrogen-bond donors (Lipinski definition) is 1.